The van der Waals surface area contributed by atoms with E-state index in [4.69, 9.17) is 16.7 Å². The van der Waals surface area contributed by atoms with Gasteiger partial charge in [0, 0.05) is 9.92 Å². The molecule has 0 bridgehead atoms. The van der Waals surface area contributed by atoms with Gasteiger partial charge >= 0.3 is 5.97 Å². The fraction of sp³-hybridized carbons (Fsp3) is 0.273. The predicted octanol–water partition coefficient (Wildman–Crippen LogP) is 1.40. The van der Waals surface area contributed by atoms with Gasteiger partial charge in [-0.05, 0) is 24.6 Å². The van der Waals surface area contributed by atoms with Gasteiger partial charge in [0.1, 0.15) is 4.90 Å². The van der Waals surface area contributed by atoms with Crippen LogP contribution in [0.5, 0.6) is 0 Å². The number of nitrogens with one attached hydrogen (secondary N) is 1. The molecule has 2 rings (SSSR count). The Kier molecular flexibility index (Phi) is 3.99. The number of sulfonamides is 1. The summed E-state index contributed by atoms with van der Waals surface area (Å²) in [4.78, 5) is 22.8. The molecule has 1 amide bonds. The number of hydrogen-bond donors (Lipinski definition) is 2. The lowest BCUT2D eigenvalue weighted by molar-refractivity contribution is -0.138. The Hall–Kier alpha value is -1.25. The van der Waals surface area contributed by atoms with Crippen molar-refractivity contribution in [2.45, 2.75) is 28.4 Å². The van der Waals surface area contributed by atoms with E-state index in [-0.39, 0.29) is 9.79 Å². The highest BCUT2D eigenvalue weighted by atomic mass is 35.5. The number of halogens is 1. The number of hydrogen-bond acceptors (Lipinski definition) is 5. The number of aliphatic carboxylic acids is 1. The second-order valence-electron chi connectivity index (χ2n) is 4.22. The summed E-state index contributed by atoms with van der Waals surface area (Å²) in [5, 5.41) is 8.11. The topological polar surface area (TPSA) is 101 Å². The summed E-state index contributed by atoms with van der Waals surface area (Å²) in [6, 6.07) is 2.80. The van der Waals surface area contributed by atoms with Gasteiger partial charge in [0.15, 0.2) is 0 Å². The highest BCUT2D eigenvalue weighted by molar-refractivity contribution is 8.02. The number of carbonyl (C=O) groups excluding carboxylic acids is 1. The molecule has 0 saturated heterocycles. The summed E-state index contributed by atoms with van der Waals surface area (Å²) in [6.45, 7) is 1.64. The molecule has 1 aromatic carbocycles. The van der Waals surface area contributed by atoms with E-state index in [1.165, 1.54) is 12.1 Å². The maximum absolute atomic E-state index is 12.1. The fourth-order valence-electron chi connectivity index (χ4n) is 1.69. The zero-order valence-electron chi connectivity index (χ0n) is 10.2. The Balaban J connectivity index is 2.57. The highest BCUT2D eigenvalue weighted by Gasteiger charge is 2.34. The molecule has 0 radical (unpaired) electrons. The van der Waals surface area contributed by atoms with Crippen LogP contribution in [0.2, 0.25) is 5.02 Å². The van der Waals surface area contributed by atoms with Crippen LogP contribution in [0.3, 0.4) is 0 Å². The highest BCUT2D eigenvalue weighted by Crippen LogP contribution is 2.37. The van der Waals surface area contributed by atoms with Gasteiger partial charge in [-0.15, -0.1) is 11.8 Å². The number of amides is 1. The Morgan fingerprint density at radius 2 is 2.15 bits per heavy atom. The van der Waals surface area contributed by atoms with Gasteiger partial charge in [0.2, 0.25) is 5.91 Å². The maximum atomic E-state index is 12.1. The quantitative estimate of drug-likeness (QED) is 0.847. The summed E-state index contributed by atoms with van der Waals surface area (Å²) in [5.74, 6) is -2.03. The number of fused-ring (bicyclic) bond motifs is 1. The zero-order valence-corrected chi connectivity index (χ0v) is 12.6. The first-order chi connectivity index (χ1) is 9.20. The Morgan fingerprint density at radius 1 is 1.50 bits per heavy atom. The van der Waals surface area contributed by atoms with Gasteiger partial charge in [-0.2, -0.15) is 0 Å². The van der Waals surface area contributed by atoms with Crippen molar-refractivity contribution >= 4 is 45.3 Å². The molecule has 1 heterocycles. The fourth-order valence-corrected chi connectivity index (χ4v) is 4.70. The average molecular weight is 336 g/mol. The van der Waals surface area contributed by atoms with Crippen molar-refractivity contribution in [2.24, 2.45) is 0 Å². The summed E-state index contributed by atoms with van der Waals surface area (Å²) < 4.78 is 26.0. The van der Waals surface area contributed by atoms with Crippen LogP contribution >= 0.6 is 23.4 Å². The van der Waals surface area contributed by atoms with Gasteiger partial charge in [0.05, 0.1) is 11.7 Å². The van der Waals surface area contributed by atoms with Crippen molar-refractivity contribution in [2.75, 3.05) is 0 Å². The van der Waals surface area contributed by atoms with Crippen LogP contribution in [0.4, 0.5) is 0 Å². The van der Waals surface area contributed by atoms with Crippen LogP contribution < -0.4 is 4.72 Å². The molecule has 20 heavy (non-hydrogen) atoms. The van der Waals surface area contributed by atoms with Crippen LogP contribution in [0.1, 0.15) is 12.0 Å². The van der Waals surface area contributed by atoms with Gasteiger partial charge in [-0.25, -0.2) is 13.1 Å². The molecule has 1 unspecified atom stereocenters. The van der Waals surface area contributed by atoms with Gasteiger partial charge < -0.3 is 5.11 Å². The van der Waals surface area contributed by atoms with E-state index in [1.807, 2.05) is 4.72 Å². The number of carboxylic acid groups (broad SMARTS) is 1. The van der Waals surface area contributed by atoms with Gasteiger partial charge in [-0.1, -0.05) is 11.6 Å². The van der Waals surface area contributed by atoms with Crippen molar-refractivity contribution in [1.82, 2.24) is 4.72 Å². The van der Waals surface area contributed by atoms with Gasteiger partial charge in [0.25, 0.3) is 10.0 Å². The minimum Gasteiger partial charge on any atom is -0.481 e. The molecular formula is C11H10ClNO5S2. The molecule has 6 nitrogen and oxygen atoms in total. The van der Waals surface area contributed by atoms with Crippen LogP contribution in [-0.4, -0.2) is 30.7 Å². The number of carboxylic acids is 1. The van der Waals surface area contributed by atoms with Crippen molar-refractivity contribution < 1.29 is 23.1 Å². The minimum absolute atomic E-state index is 0.0642. The largest absolute Gasteiger partial charge is 0.481 e. The van der Waals surface area contributed by atoms with Crippen LogP contribution in [0.15, 0.2) is 21.9 Å². The molecule has 1 aliphatic rings. The van der Waals surface area contributed by atoms with Crippen LogP contribution in [0, 0.1) is 6.92 Å². The number of thioether (sulfide) groups is 1. The Bertz CT molecular complexity index is 701. The molecule has 1 atom stereocenters. The lowest BCUT2D eigenvalue weighted by atomic mass is 10.2. The van der Waals surface area contributed by atoms with E-state index in [0.717, 1.165) is 11.8 Å². The summed E-state index contributed by atoms with van der Waals surface area (Å²) in [7, 11) is -4.01. The Morgan fingerprint density at radius 3 is 2.75 bits per heavy atom. The lowest BCUT2D eigenvalue weighted by Crippen LogP contribution is -2.36. The summed E-state index contributed by atoms with van der Waals surface area (Å²) >= 11 is 6.83. The molecule has 0 saturated carbocycles. The van der Waals surface area contributed by atoms with E-state index in [9.17, 15) is 18.0 Å². The molecule has 108 valence electrons. The molecule has 0 spiro atoms. The van der Waals surface area contributed by atoms with Crippen molar-refractivity contribution in [3.63, 3.8) is 0 Å². The number of aryl methyl sites for hydroxylation is 1. The van der Waals surface area contributed by atoms with E-state index in [0.29, 0.717) is 10.6 Å². The first kappa shape index (κ1) is 15.1. The molecule has 0 fully saturated rings. The third-order valence-electron chi connectivity index (χ3n) is 2.67. The lowest BCUT2D eigenvalue weighted by Gasteiger charge is -2.09. The molecule has 0 aromatic heterocycles. The second-order valence-corrected chi connectivity index (χ2v) is 7.52. The molecule has 1 aromatic rings. The third-order valence-corrected chi connectivity index (χ3v) is 5.85. The zero-order chi connectivity index (χ0) is 15.1. The molecular weight excluding hydrogens is 326 g/mol. The van der Waals surface area contributed by atoms with Gasteiger partial charge in [-0.3, -0.25) is 9.59 Å². The smallest absolute Gasteiger partial charge is 0.305 e. The molecule has 1 aliphatic heterocycles. The first-order valence-electron chi connectivity index (χ1n) is 5.46. The van der Waals surface area contributed by atoms with E-state index < -0.39 is 33.6 Å². The first-order valence-corrected chi connectivity index (χ1v) is 8.20. The minimum atomic E-state index is -4.01. The molecule has 2 N–H and O–H groups in total. The van der Waals surface area contributed by atoms with Crippen LogP contribution in [-0.2, 0) is 19.6 Å². The van der Waals surface area contributed by atoms with E-state index in [2.05, 4.69) is 0 Å². The summed E-state index contributed by atoms with van der Waals surface area (Å²) in [6.07, 6.45) is -0.475. The SMILES string of the molecule is Cc1cc2c(cc1Cl)SC(CC(=O)O)C(=O)NS2(=O)=O. The number of rotatable bonds is 2. The monoisotopic (exact) mass is 335 g/mol. The predicted molar refractivity (Wildman–Crippen MR) is 73.4 cm³/mol. The van der Waals surface area contributed by atoms with E-state index >= 15 is 0 Å². The Labute approximate surface area is 124 Å². The molecule has 9 heteroatoms. The van der Waals surface area contributed by atoms with Crippen LogP contribution in [0.25, 0.3) is 0 Å². The normalized spacial score (nSPS) is 20.7. The van der Waals surface area contributed by atoms with Crippen molar-refractivity contribution in [1.29, 1.82) is 0 Å². The summed E-state index contributed by atoms with van der Waals surface area (Å²) in [5.41, 5.74) is 0.556. The maximum Gasteiger partial charge on any atom is 0.305 e. The number of carbonyl (C=O) groups is 2. The average Bonchev–Trinajstić information content (AvgIpc) is 2.38. The van der Waals surface area contributed by atoms with E-state index in [1.54, 1.807) is 6.92 Å². The number of benzene rings is 1. The standard InChI is InChI=1S/C11H10ClNO5S2/c1-5-2-9-7(3-6(5)12)19-8(4-10(14)15)11(16)13-20(9,17)18/h2-3,8H,4H2,1H3,(H,13,16)(H,14,15). The third kappa shape index (κ3) is 2.92. The van der Waals surface area contributed by atoms with Crippen molar-refractivity contribution in [3.05, 3.63) is 22.7 Å². The molecule has 0 aliphatic carbocycles. The second kappa shape index (κ2) is 5.27. The van der Waals surface area contributed by atoms with Crippen molar-refractivity contribution in [3.8, 4) is 0 Å².